The highest BCUT2D eigenvalue weighted by Gasteiger charge is 2.16. The zero-order valence-electron chi connectivity index (χ0n) is 8.63. The minimum absolute atomic E-state index is 0.716. The van der Waals surface area contributed by atoms with Crippen LogP contribution in [0, 0.1) is 0 Å². The quantitative estimate of drug-likeness (QED) is 0.750. The molecular weight excluding hydrogens is 273 g/mol. The Kier molecular flexibility index (Phi) is 4.06. The number of benzene rings is 1. The summed E-state index contributed by atoms with van der Waals surface area (Å²) in [5.41, 5.74) is 1.32. The maximum atomic E-state index is 5.96. The maximum Gasteiger partial charge on any atom is 0.0409 e. The lowest BCUT2D eigenvalue weighted by Gasteiger charge is -2.29. The molecule has 0 radical (unpaired) electrons. The third-order valence-corrected chi connectivity index (χ3v) is 3.96. The van der Waals surface area contributed by atoms with Gasteiger partial charge in [-0.25, -0.2) is 0 Å². The van der Waals surface area contributed by atoms with Crippen molar-refractivity contribution in [2.75, 3.05) is 13.1 Å². The fourth-order valence-corrected chi connectivity index (χ4v) is 2.58. The van der Waals surface area contributed by atoms with E-state index in [0.717, 1.165) is 11.6 Å². The summed E-state index contributed by atoms with van der Waals surface area (Å²) >= 11 is 9.62. The first kappa shape index (κ1) is 11.4. The van der Waals surface area contributed by atoms with Gasteiger partial charge in [-0.05, 0) is 43.6 Å². The predicted octanol–water partition coefficient (Wildman–Crippen LogP) is 3.70. The van der Waals surface area contributed by atoms with Crippen LogP contribution in [0.1, 0.15) is 18.4 Å². The highest BCUT2D eigenvalue weighted by Crippen LogP contribution is 2.20. The molecule has 1 fully saturated rings. The summed E-state index contributed by atoms with van der Waals surface area (Å²) in [6.07, 6.45) is 2.50. The minimum Gasteiger partial charge on any atom is -0.299 e. The van der Waals surface area contributed by atoms with Gasteiger partial charge in [0.2, 0.25) is 0 Å². The van der Waals surface area contributed by atoms with Crippen molar-refractivity contribution in [2.45, 2.75) is 24.2 Å². The van der Waals surface area contributed by atoms with Gasteiger partial charge in [-0.3, -0.25) is 4.90 Å². The largest absolute Gasteiger partial charge is 0.299 e. The van der Waals surface area contributed by atoms with Crippen LogP contribution in [-0.4, -0.2) is 22.8 Å². The second kappa shape index (κ2) is 5.33. The van der Waals surface area contributed by atoms with Crippen LogP contribution in [0.4, 0.5) is 0 Å². The van der Waals surface area contributed by atoms with Crippen molar-refractivity contribution in [1.29, 1.82) is 0 Å². The van der Waals surface area contributed by atoms with Crippen LogP contribution in [0.2, 0.25) is 5.02 Å². The predicted molar refractivity (Wildman–Crippen MR) is 68.7 cm³/mol. The lowest BCUT2D eigenvalue weighted by molar-refractivity contribution is 0.226. The van der Waals surface area contributed by atoms with Crippen LogP contribution < -0.4 is 0 Å². The van der Waals surface area contributed by atoms with Gasteiger partial charge in [0.15, 0.2) is 0 Å². The second-order valence-corrected chi connectivity index (χ2v) is 5.81. The molecule has 1 aliphatic heterocycles. The number of hydrogen-bond acceptors (Lipinski definition) is 1. The Bertz CT molecular complexity index is 321. The summed E-state index contributed by atoms with van der Waals surface area (Å²) < 4.78 is 0. The number of alkyl halides is 1. The van der Waals surface area contributed by atoms with Gasteiger partial charge in [-0.2, -0.15) is 0 Å². The molecule has 0 amide bonds. The molecule has 2 rings (SSSR count). The average Bonchev–Trinajstić information content (AvgIpc) is 2.22. The van der Waals surface area contributed by atoms with Crippen molar-refractivity contribution in [2.24, 2.45) is 0 Å². The molecule has 1 aromatic rings. The van der Waals surface area contributed by atoms with Gasteiger partial charge in [0, 0.05) is 16.4 Å². The highest BCUT2D eigenvalue weighted by molar-refractivity contribution is 9.09. The molecule has 0 atom stereocenters. The van der Waals surface area contributed by atoms with E-state index >= 15 is 0 Å². The molecule has 1 saturated heterocycles. The van der Waals surface area contributed by atoms with E-state index in [9.17, 15) is 0 Å². The third-order valence-electron chi connectivity index (χ3n) is 2.81. The van der Waals surface area contributed by atoms with E-state index in [2.05, 4.69) is 33.0 Å². The monoisotopic (exact) mass is 287 g/mol. The number of hydrogen-bond donors (Lipinski definition) is 0. The van der Waals surface area contributed by atoms with Crippen molar-refractivity contribution < 1.29 is 0 Å². The summed E-state index contributed by atoms with van der Waals surface area (Å²) in [4.78, 5) is 3.21. The molecule has 1 aliphatic rings. The smallest absolute Gasteiger partial charge is 0.0409 e. The molecule has 1 heterocycles. The molecule has 0 unspecified atom stereocenters. The van der Waals surface area contributed by atoms with Crippen molar-refractivity contribution in [3.8, 4) is 0 Å². The van der Waals surface area contributed by atoms with E-state index in [1.54, 1.807) is 0 Å². The zero-order chi connectivity index (χ0) is 10.7. The van der Waals surface area contributed by atoms with E-state index in [1.165, 1.54) is 31.5 Å². The lowest BCUT2D eigenvalue weighted by Crippen LogP contribution is -2.33. The highest BCUT2D eigenvalue weighted by atomic mass is 79.9. The average molecular weight is 289 g/mol. The van der Waals surface area contributed by atoms with Crippen molar-refractivity contribution in [1.82, 2.24) is 4.90 Å². The molecule has 0 aromatic heterocycles. The lowest BCUT2D eigenvalue weighted by atomic mass is 10.1. The Morgan fingerprint density at radius 3 is 2.73 bits per heavy atom. The summed E-state index contributed by atoms with van der Waals surface area (Å²) in [6, 6.07) is 8.15. The van der Waals surface area contributed by atoms with Crippen molar-refractivity contribution in [3.05, 3.63) is 34.9 Å². The van der Waals surface area contributed by atoms with E-state index in [1.807, 2.05) is 12.1 Å². The van der Waals surface area contributed by atoms with E-state index in [0.29, 0.717) is 4.83 Å². The number of nitrogens with zero attached hydrogens (tertiary/aromatic N) is 1. The Labute approximate surface area is 105 Å². The Balaban J connectivity index is 1.92. The molecule has 1 nitrogen and oxygen atoms in total. The molecule has 1 aromatic carbocycles. The summed E-state index contributed by atoms with van der Waals surface area (Å²) in [7, 11) is 0. The third kappa shape index (κ3) is 3.47. The van der Waals surface area contributed by atoms with Gasteiger partial charge in [0.1, 0.15) is 0 Å². The molecular formula is C12H15BrClN. The zero-order valence-corrected chi connectivity index (χ0v) is 11.0. The van der Waals surface area contributed by atoms with Crippen LogP contribution in [0.3, 0.4) is 0 Å². The fraction of sp³-hybridized carbons (Fsp3) is 0.500. The van der Waals surface area contributed by atoms with Gasteiger partial charge in [0.05, 0.1) is 0 Å². The van der Waals surface area contributed by atoms with Gasteiger partial charge < -0.3 is 0 Å². The van der Waals surface area contributed by atoms with Crippen LogP contribution in [0.5, 0.6) is 0 Å². The van der Waals surface area contributed by atoms with Gasteiger partial charge in [-0.15, -0.1) is 0 Å². The topological polar surface area (TPSA) is 3.24 Å². The Morgan fingerprint density at radius 1 is 1.33 bits per heavy atom. The molecule has 0 N–H and O–H groups in total. The first-order valence-corrected chi connectivity index (χ1v) is 6.64. The Morgan fingerprint density at radius 2 is 2.07 bits per heavy atom. The molecule has 0 bridgehead atoms. The number of rotatable bonds is 2. The van der Waals surface area contributed by atoms with Crippen LogP contribution in [-0.2, 0) is 6.54 Å². The molecule has 3 heteroatoms. The molecule has 15 heavy (non-hydrogen) atoms. The van der Waals surface area contributed by atoms with Crippen LogP contribution >= 0.6 is 27.5 Å². The van der Waals surface area contributed by atoms with Crippen LogP contribution in [0.25, 0.3) is 0 Å². The van der Waals surface area contributed by atoms with Gasteiger partial charge >= 0.3 is 0 Å². The van der Waals surface area contributed by atoms with E-state index in [4.69, 9.17) is 11.6 Å². The SMILES string of the molecule is Clc1cccc(CN2CCC(Br)CC2)c1. The van der Waals surface area contributed by atoms with E-state index < -0.39 is 0 Å². The maximum absolute atomic E-state index is 5.96. The normalized spacial score (nSPS) is 19.3. The minimum atomic E-state index is 0.716. The van der Waals surface area contributed by atoms with Crippen molar-refractivity contribution in [3.63, 3.8) is 0 Å². The first-order chi connectivity index (χ1) is 7.24. The molecule has 0 saturated carbocycles. The van der Waals surface area contributed by atoms with E-state index in [-0.39, 0.29) is 0 Å². The molecule has 82 valence electrons. The second-order valence-electron chi connectivity index (χ2n) is 4.08. The van der Waals surface area contributed by atoms with Gasteiger partial charge in [0.25, 0.3) is 0 Å². The standard InChI is InChI=1S/C12H15BrClN/c13-11-4-6-15(7-5-11)9-10-2-1-3-12(14)8-10/h1-3,8,11H,4-7,9H2. The molecule has 0 spiro atoms. The summed E-state index contributed by atoms with van der Waals surface area (Å²) in [5.74, 6) is 0. The number of likely N-dealkylation sites (tertiary alicyclic amines) is 1. The first-order valence-electron chi connectivity index (χ1n) is 5.35. The number of piperidine rings is 1. The summed E-state index contributed by atoms with van der Waals surface area (Å²) in [6.45, 7) is 3.39. The van der Waals surface area contributed by atoms with Gasteiger partial charge in [-0.1, -0.05) is 39.7 Å². The van der Waals surface area contributed by atoms with Crippen LogP contribution in [0.15, 0.2) is 24.3 Å². The van der Waals surface area contributed by atoms with Crippen molar-refractivity contribution >= 4 is 27.5 Å². The number of halogens is 2. The molecule has 0 aliphatic carbocycles. The summed E-state index contributed by atoms with van der Waals surface area (Å²) in [5, 5.41) is 0.836. The Hall–Kier alpha value is -0.0500. The fourth-order valence-electron chi connectivity index (χ4n) is 1.95.